The van der Waals surface area contributed by atoms with Crippen LogP contribution in [0, 0.1) is 6.92 Å². The van der Waals surface area contributed by atoms with Crippen LogP contribution in [0.2, 0.25) is 5.02 Å². The number of aryl methyl sites for hydroxylation is 1. The summed E-state index contributed by atoms with van der Waals surface area (Å²) in [7, 11) is 0. The van der Waals surface area contributed by atoms with Crippen molar-refractivity contribution in [3.05, 3.63) is 64.2 Å². The molecule has 0 aromatic heterocycles. The van der Waals surface area contributed by atoms with E-state index >= 15 is 0 Å². The Bertz CT molecular complexity index is 715. The summed E-state index contributed by atoms with van der Waals surface area (Å²) in [6.45, 7) is 8.31. The molecule has 4 heteroatoms. The largest absolute Gasteiger partial charge is 0.478 e. The van der Waals surface area contributed by atoms with Crippen molar-refractivity contribution in [2.24, 2.45) is 0 Å². The average molecular weight is 347 g/mol. The van der Waals surface area contributed by atoms with Gasteiger partial charge in [-0.15, -0.1) is 0 Å². The van der Waals surface area contributed by atoms with E-state index in [0.717, 1.165) is 11.1 Å². The van der Waals surface area contributed by atoms with Crippen LogP contribution in [0.25, 0.3) is 0 Å². The first kappa shape index (κ1) is 18.3. The first-order valence-electron chi connectivity index (χ1n) is 7.92. The van der Waals surface area contributed by atoms with E-state index in [-0.39, 0.29) is 5.41 Å². The molecule has 0 aliphatic heterocycles. The van der Waals surface area contributed by atoms with Crippen LogP contribution in [-0.4, -0.2) is 17.2 Å². The number of ether oxygens (including phenoxy) is 1. The van der Waals surface area contributed by atoms with Gasteiger partial charge in [-0.25, -0.2) is 4.79 Å². The molecule has 0 saturated carbocycles. The van der Waals surface area contributed by atoms with Gasteiger partial charge in [-0.05, 0) is 53.3 Å². The molecular weight excluding hydrogens is 324 g/mol. The molecule has 2 aromatic carbocycles. The van der Waals surface area contributed by atoms with Crippen LogP contribution in [-0.2, 0) is 16.6 Å². The molecule has 0 aliphatic carbocycles. The van der Waals surface area contributed by atoms with Gasteiger partial charge in [0, 0.05) is 11.4 Å². The molecule has 0 amide bonds. The smallest absolute Gasteiger partial charge is 0.345 e. The fourth-order valence-electron chi connectivity index (χ4n) is 2.47. The van der Waals surface area contributed by atoms with E-state index in [9.17, 15) is 9.90 Å². The number of hydrogen-bond donors (Lipinski definition) is 1. The minimum atomic E-state index is -0.982. The van der Waals surface area contributed by atoms with Crippen LogP contribution >= 0.6 is 11.6 Å². The van der Waals surface area contributed by atoms with Gasteiger partial charge >= 0.3 is 5.97 Å². The fraction of sp³-hybridized carbons (Fsp3) is 0.350. The monoisotopic (exact) mass is 346 g/mol. The maximum atomic E-state index is 11.6. The first-order chi connectivity index (χ1) is 11.2. The third kappa shape index (κ3) is 4.75. The molecule has 0 bridgehead atoms. The highest BCUT2D eigenvalue weighted by Crippen LogP contribution is 2.25. The maximum absolute atomic E-state index is 11.6. The van der Waals surface area contributed by atoms with Crippen molar-refractivity contribution in [3.63, 3.8) is 0 Å². The van der Waals surface area contributed by atoms with E-state index in [1.807, 2.05) is 43.3 Å². The van der Waals surface area contributed by atoms with E-state index in [4.69, 9.17) is 16.3 Å². The second kappa shape index (κ2) is 7.27. The molecule has 2 rings (SSSR count). The lowest BCUT2D eigenvalue weighted by atomic mass is 9.87. The van der Waals surface area contributed by atoms with Crippen LogP contribution in [0.1, 0.15) is 37.5 Å². The van der Waals surface area contributed by atoms with Crippen LogP contribution < -0.4 is 4.74 Å². The number of rotatable bonds is 5. The number of halogens is 1. The lowest BCUT2D eigenvalue weighted by molar-refractivity contribution is -0.145. The summed E-state index contributed by atoms with van der Waals surface area (Å²) in [6.07, 6.45) is -0.648. The zero-order chi connectivity index (χ0) is 17.9. The van der Waals surface area contributed by atoms with Crippen molar-refractivity contribution in [3.8, 4) is 5.75 Å². The third-order valence-electron chi connectivity index (χ3n) is 3.98. The average Bonchev–Trinajstić information content (AvgIpc) is 2.48. The summed E-state index contributed by atoms with van der Waals surface area (Å²) in [4.78, 5) is 11.6. The molecular formula is C20H23ClO3. The number of carboxylic acid groups (broad SMARTS) is 1. The molecule has 1 N–H and O–H groups in total. The van der Waals surface area contributed by atoms with Gasteiger partial charge < -0.3 is 9.84 Å². The summed E-state index contributed by atoms with van der Waals surface area (Å²) in [5.41, 5.74) is 3.10. The zero-order valence-corrected chi connectivity index (χ0v) is 15.2. The topological polar surface area (TPSA) is 46.5 Å². The molecule has 0 radical (unpaired) electrons. The van der Waals surface area contributed by atoms with E-state index in [0.29, 0.717) is 17.2 Å². The summed E-state index contributed by atoms with van der Waals surface area (Å²) >= 11 is 5.95. The van der Waals surface area contributed by atoms with E-state index in [2.05, 4.69) is 20.8 Å². The number of aliphatic carboxylic acids is 1. The van der Waals surface area contributed by atoms with E-state index in [1.165, 1.54) is 5.56 Å². The van der Waals surface area contributed by atoms with E-state index in [1.54, 1.807) is 6.07 Å². The van der Waals surface area contributed by atoms with Gasteiger partial charge in [0.05, 0.1) is 0 Å². The highest BCUT2D eigenvalue weighted by molar-refractivity contribution is 6.30. The van der Waals surface area contributed by atoms with Gasteiger partial charge in [0.2, 0.25) is 0 Å². The van der Waals surface area contributed by atoms with Crippen molar-refractivity contribution < 1.29 is 14.6 Å². The zero-order valence-electron chi connectivity index (χ0n) is 14.5. The molecule has 0 saturated heterocycles. The minimum Gasteiger partial charge on any atom is -0.478 e. The predicted molar refractivity (Wildman–Crippen MR) is 97.1 cm³/mol. The SMILES string of the molecule is Cc1cc(Cl)ccc1C[C@H](Oc1ccc(C(C)(C)C)cc1)C(=O)O. The molecule has 0 unspecified atom stereocenters. The number of carbonyl (C=O) groups is 1. The van der Waals surface area contributed by atoms with Crippen molar-refractivity contribution in [1.29, 1.82) is 0 Å². The highest BCUT2D eigenvalue weighted by Gasteiger charge is 2.21. The van der Waals surface area contributed by atoms with Gasteiger partial charge in [-0.2, -0.15) is 0 Å². The number of carboxylic acids is 1. The van der Waals surface area contributed by atoms with Crippen LogP contribution in [0.15, 0.2) is 42.5 Å². The quantitative estimate of drug-likeness (QED) is 0.826. The Labute approximate surface area is 148 Å². The Kier molecular flexibility index (Phi) is 5.55. The van der Waals surface area contributed by atoms with Crippen molar-refractivity contribution >= 4 is 17.6 Å². The Morgan fingerprint density at radius 1 is 1.17 bits per heavy atom. The van der Waals surface area contributed by atoms with Crippen molar-refractivity contribution in [2.75, 3.05) is 0 Å². The highest BCUT2D eigenvalue weighted by atomic mass is 35.5. The van der Waals surface area contributed by atoms with Gasteiger partial charge in [0.15, 0.2) is 6.10 Å². The van der Waals surface area contributed by atoms with Crippen LogP contribution in [0.5, 0.6) is 5.75 Å². The van der Waals surface area contributed by atoms with Gasteiger partial charge in [-0.3, -0.25) is 0 Å². The Balaban J connectivity index is 2.15. The summed E-state index contributed by atoms with van der Waals surface area (Å²) in [5, 5.41) is 10.1. The predicted octanol–water partition coefficient (Wildman–Crippen LogP) is 5.02. The van der Waals surface area contributed by atoms with Crippen LogP contribution in [0.4, 0.5) is 0 Å². The number of hydrogen-bond acceptors (Lipinski definition) is 2. The van der Waals surface area contributed by atoms with Crippen molar-refractivity contribution in [2.45, 2.75) is 45.6 Å². The second-order valence-electron chi connectivity index (χ2n) is 6.99. The van der Waals surface area contributed by atoms with Gasteiger partial charge in [0.25, 0.3) is 0 Å². The minimum absolute atomic E-state index is 0.0468. The molecule has 0 heterocycles. The Morgan fingerprint density at radius 3 is 2.29 bits per heavy atom. The molecule has 3 nitrogen and oxygen atoms in total. The summed E-state index contributed by atoms with van der Waals surface area (Å²) in [5.74, 6) is -0.425. The molecule has 0 aliphatic rings. The Hall–Kier alpha value is -2.00. The first-order valence-corrected chi connectivity index (χ1v) is 8.29. The lowest BCUT2D eigenvalue weighted by Gasteiger charge is -2.20. The van der Waals surface area contributed by atoms with Gasteiger partial charge in [0.1, 0.15) is 5.75 Å². The van der Waals surface area contributed by atoms with Crippen LogP contribution in [0.3, 0.4) is 0 Å². The molecule has 0 fully saturated rings. The molecule has 1 atom stereocenters. The number of benzene rings is 2. The fourth-order valence-corrected chi connectivity index (χ4v) is 2.69. The lowest BCUT2D eigenvalue weighted by Crippen LogP contribution is -2.29. The maximum Gasteiger partial charge on any atom is 0.345 e. The third-order valence-corrected chi connectivity index (χ3v) is 4.22. The normalized spacial score (nSPS) is 12.7. The second-order valence-corrected chi connectivity index (χ2v) is 7.43. The summed E-state index contributed by atoms with van der Waals surface area (Å²) in [6, 6.07) is 13.0. The standard InChI is InChI=1S/C20H23ClO3/c1-13-11-16(21)8-5-14(13)12-18(19(22)23)24-17-9-6-15(7-10-17)20(2,3)4/h5-11,18H,12H2,1-4H3,(H,22,23)/t18-/m0/s1. The summed E-state index contributed by atoms with van der Waals surface area (Å²) < 4.78 is 5.70. The molecule has 2 aromatic rings. The van der Waals surface area contributed by atoms with E-state index < -0.39 is 12.1 Å². The molecule has 24 heavy (non-hydrogen) atoms. The Morgan fingerprint density at radius 2 is 1.79 bits per heavy atom. The van der Waals surface area contributed by atoms with Crippen molar-refractivity contribution in [1.82, 2.24) is 0 Å². The molecule has 0 spiro atoms. The van der Waals surface area contributed by atoms with Gasteiger partial charge in [-0.1, -0.05) is 50.6 Å². The molecule has 128 valence electrons.